The zero-order valence-electron chi connectivity index (χ0n) is 16.7. The minimum Gasteiger partial charge on any atom is -0.406 e. The molecule has 1 aliphatic rings. The highest BCUT2D eigenvalue weighted by atomic mass is 19.4. The molecule has 9 heteroatoms. The molecule has 2 aromatic heterocycles. The molecule has 1 aromatic carbocycles. The van der Waals surface area contributed by atoms with Crippen LogP contribution in [0.1, 0.15) is 36.8 Å². The van der Waals surface area contributed by atoms with E-state index in [9.17, 15) is 13.2 Å². The zero-order chi connectivity index (χ0) is 21.6. The minimum absolute atomic E-state index is 0.209. The van der Waals surface area contributed by atoms with Crippen molar-refractivity contribution < 1.29 is 17.9 Å². The van der Waals surface area contributed by atoms with Gasteiger partial charge in [-0.15, -0.1) is 13.2 Å². The summed E-state index contributed by atoms with van der Waals surface area (Å²) in [6.07, 6.45) is 2.62. The molecule has 0 fully saturated rings. The van der Waals surface area contributed by atoms with E-state index >= 15 is 0 Å². The van der Waals surface area contributed by atoms with Gasteiger partial charge in [0.1, 0.15) is 11.4 Å². The summed E-state index contributed by atoms with van der Waals surface area (Å²) in [6, 6.07) is 5.85. The van der Waals surface area contributed by atoms with Gasteiger partial charge in [-0.25, -0.2) is 4.98 Å². The molecule has 3 heterocycles. The topological polar surface area (TPSA) is 48.1 Å². The SMILES string of the molecule is C=C1c2ncn(C)c2C(c2cnn(C(C)C)c2)=CN1c1ccc(OC(F)(F)F)cc1. The molecule has 0 bridgehead atoms. The predicted octanol–water partition coefficient (Wildman–Crippen LogP) is 4.98. The fourth-order valence-electron chi connectivity index (χ4n) is 3.35. The van der Waals surface area contributed by atoms with E-state index < -0.39 is 6.36 Å². The number of ether oxygens (including phenoxy) is 1. The van der Waals surface area contributed by atoms with E-state index in [1.165, 1.54) is 12.1 Å². The lowest BCUT2D eigenvalue weighted by molar-refractivity contribution is -0.274. The van der Waals surface area contributed by atoms with Crippen molar-refractivity contribution in [1.29, 1.82) is 0 Å². The van der Waals surface area contributed by atoms with Gasteiger partial charge in [-0.05, 0) is 38.1 Å². The number of imidazole rings is 1. The van der Waals surface area contributed by atoms with Crippen LogP contribution < -0.4 is 9.64 Å². The van der Waals surface area contributed by atoms with Crippen molar-refractivity contribution in [2.24, 2.45) is 7.05 Å². The summed E-state index contributed by atoms with van der Waals surface area (Å²) in [5.41, 5.74) is 4.65. The van der Waals surface area contributed by atoms with Crippen molar-refractivity contribution in [2.45, 2.75) is 26.3 Å². The van der Waals surface area contributed by atoms with E-state index in [1.54, 1.807) is 29.6 Å². The first-order valence-electron chi connectivity index (χ1n) is 9.26. The number of halogens is 3. The number of nitrogens with zero attached hydrogens (tertiary/aromatic N) is 5. The number of anilines is 1. The minimum atomic E-state index is -4.73. The van der Waals surface area contributed by atoms with Crippen molar-refractivity contribution in [3.8, 4) is 5.75 Å². The Morgan fingerprint density at radius 2 is 1.83 bits per heavy atom. The molecule has 4 rings (SSSR count). The zero-order valence-corrected chi connectivity index (χ0v) is 16.7. The van der Waals surface area contributed by atoms with Gasteiger partial charge < -0.3 is 14.2 Å². The third-order valence-corrected chi connectivity index (χ3v) is 4.80. The molecule has 0 aliphatic carbocycles. The van der Waals surface area contributed by atoms with Gasteiger partial charge in [0.25, 0.3) is 0 Å². The Morgan fingerprint density at radius 1 is 1.13 bits per heavy atom. The molecule has 3 aromatic rings. The van der Waals surface area contributed by atoms with Gasteiger partial charge in [0, 0.05) is 42.3 Å². The second-order valence-electron chi connectivity index (χ2n) is 7.26. The number of fused-ring (bicyclic) bond motifs is 1. The predicted molar refractivity (Wildman–Crippen MR) is 108 cm³/mol. The summed E-state index contributed by atoms with van der Waals surface area (Å²) in [5, 5.41) is 4.42. The average Bonchev–Trinajstić information content (AvgIpc) is 3.30. The van der Waals surface area contributed by atoms with Crippen LogP contribution in [0, 0.1) is 0 Å². The van der Waals surface area contributed by atoms with Crippen LogP contribution in [-0.4, -0.2) is 25.7 Å². The van der Waals surface area contributed by atoms with E-state index in [2.05, 4.69) is 21.4 Å². The Morgan fingerprint density at radius 3 is 2.43 bits per heavy atom. The van der Waals surface area contributed by atoms with Gasteiger partial charge in [0.05, 0.1) is 23.9 Å². The fraction of sp³-hybridized carbons (Fsp3) is 0.238. The van der Waals surface area contributed by atoms with Crippen molar-refractivity contribution in [2.75, 3.05) is 4.90 Å². The van der Waals surface area contributed by atoms with E-state index in [1.807, 2.05) is 42.5 Å². The van der Waals surface area contributed by atoms with Gasteiger partial charge in [-0.3, -0.25) is 4.68 Å². The number of hydrogen-bond donors (Lipinski definition) is 0. The van der Waals surface area contributed by atoms with Crippen LogP contribution >= 0.6 is 0 Å². The molecular formula is C21H20F3N5O. The normalized spacial score (nSPS) is 14.2. The highest BCUT2D eigenvalue weighted by Crippen LogP contribution is 2.39. The van der Waals surface area contributed by atoms with Crippen LogP contribution in [0.5, 0.6) is 5.75 Å². The van der Waals surface area contributed by atoms with Crippen LogP contribution in [0.2, 0.25) is 0 Å². The first kappa shape index (κ1) is 19.8. The van der Waals surface area contributed by atoms with Crippen LogP contribution in [0.15, 0.2) is 55.8 Å². The lowest BCUT2D eigenvalue weighted by atomic mass is 10.00. The molecule has 0 atom stereocenters. The number of aromatic nitrogens is 4. The summed E-state index contributed by atoms with van der Waals surface area (Å²) >= 11 is 0. The lowest BCUT2D eigenvalue weighted by Crippen LogP contribution is -2.21. The molecule has 6 nitrogen and oxygen atoms in total. The Balaban J connectivity index is 1.76. The number of alkyl halides is 3. The first-order valence-corrected chi connectivity index (χ1v) is 9.26. The molecule has 0 saturated carbocycles. The molecule has 1 aliphatic heterocycles. The lowest BCUT2D eigenvalue weighted by Gasteiger charge is -2.29. The van der Waals surface area contributed by atoms with Crippen molar-refractivity contribution in [1.82, 2.24) is 19.3 Å². The number of benzene rings is 1. The van der Waals surface area contributed by atoms with E-state index in [0.29, 0.717) is 17.1 Å². The summed E-state index contributed by atoms with van der Waals surface area (Å²) in [6.45, 7) is 8.23. The van der Waals surface area contributed by atoms with Crippen LogP contribution in [0.25, 0.3) is 11.3 Å². The van der Waals surface area contributed by atoms with Crippen LogP contribution in [-0.2, 0) is 7.05 Å². The van der Waals surface area contributed by atoms with Crippen molar-refractivity contribution in [3.63, 3.8) is 0 Å². The van der Waals surface area contributed by atoms with E-state index in [-0.39, 0.29) is 11.8 Å². The third-order valence-electron chi connectivity index (χ3n) is 4.80. The molecule has 0 spiro atoms. The Hall–Kier alpha value is -3.49. The smallest absolute Gasteiger partial charge is 0.406 e. The van der Waals surface area contributed by atoms with Gasteiger partial charge in [0.2, 0.25) is 0 Å². The highest BCUT2D eigenvalue weighted by Gasteiger charge is 2.31. The number of hydrogen-bond acceptors (Lipinski definition) is 4. The molecule has 0 N–H and O–H groups in total. The van der Waals surface area contributed by atoms with Crippen LogP contribution in [0.3, 0.4) is 0 Å². The Kier molecular flexibility index (Phi) is 4.68. The summed E-state index contributed by atoms with van der Waals surface area (Å²) in [7, 11) is 1.90. The molecular weight excluding hydrogens is 395 g/mol. The highest BCUT2D eigenvalue weighted by molar-refractivity contribution is 5.95. The third kappa shape index (κ3) is 3.58. The fourth-order valence-corrected chi connectivity index (χ4v) is 3.35. The molecule has 0 radical (unpaired) electrons. The molecule has 156 valence electrons. The maximum Gasteiger partial charge on any atom is 0.573 e. The Labute approximate surface area is 171 Å². The van der Waals surface area contributed by atoms with E-state index in [0.717, 1.165) is 16.8 Å². The average molecular weight is 415 g/mol. The molecule has 30 heavy (non-hydrogen) atoms. The van der Waals surface area contributed by atoms with E-state index in [4.69, 9.17) is 0 Å². The summed E-state index contributed by atoms with van der Waals surface area (Å²) in [5.74, 6) is -0.283. The summed E-state index contributed by atoms with van der Waals surface area (Å²) in [4.78, 5) is 6.28. The second-order valence-corrected chi connectivity index (χ2v) is 7.26. The maximum atomic E-state index is 12.4. The molecule has 0 amide bonds. The maximum absolute atomic E-state index is 12.4. The second kappa shape index (κ2) is 7.08. The number of rotatable bonds is 4. The van der Waals surface area contributed by atoms with Gasteiger partial charge in [0.15, 0.2) is 0 Å². The van der Waals surface area contributed by atoms with Gasteiger partial charge in [-0.1, -0.05) is 6.58 Å². The van der Waals surface area contributed by atoms with Gasteiger partial charge >= 0.3 is 6.36 Å². The molecule has 0 unspecified atom stereocenters. The monoisotopic (exact) mass is 415 g/mol. The quantitative estimate of drug-likeness (QED) is 0.603. The number of aryl methyl sites for hydroxylation is 1. The van der Waals surface area contributed by atoms with Gasteiger partial charge in [-0.2, -0.15) is 5.10 Å². The van der Waals surface area contributed by atoms with Crippen LogP contribution in [0.4, 0.5) is 18.9 Å². The first-order chi connectivity index (χ1) is 14.1. The Bertz CT molecular complexity index is 1120. The van der Waals surface area contributed by atoms with Crippen molar-refractivity contribution in [3.05, 3.63) is 72.7 Å². The van der Waals surface area contributed by atoms with Crippen molar-refractivity contribution >= 4 is 17.0 Å². The standard InChI is InChI=1S/C21H20F3N5O/c1-13(2)29-10-15(9-26-29)18-11-28(14(3)19-20(18)27(4)12-25-19)16-5-7-17(8-6-16)30-21(22,23)24/h5-13H,3H2,1-2,4H3. The largest absolute Gasteiger partial charge is 0.573 e. The molecule has 0 saturated heterocycles. The summed E-state index contributed by atoms with van der Waals surface area (Å²) < 4.78 is 45.1.